The number of aliphatic hydroxyl groups is 1. The van der Waals surface area contributed by atoms with E-state index in [-0.39, 0.29) is 35.6 Å². The predicted octanol–water partition coefficient (Wildman–Crippen LogP) is 5.48. The first-order valence-electron chi connectivity index (χ1n) is 13.9. The lowest BCUT2D eigenvalue weighted by molar-refractivity contribution is -0.376. The Kier molecular flexibility index (Phi) is 9.39. The number of imide groups is 1. The minimum absolute atomic E-state index is 0.00355. The molecule has 2 aliphatic heterocycles. The largest absolute Gasteiger partial charge is 0.486 e. The third-order valence-corrected chi connectivity index (χ3v) is 7.41. The number of carbonyl (C=O) groups is 2. The number of fused-ring (bicyclic) bond motifs is 1. The highest BCUT2D eigenvalue weighted by Gasteiger charge is 2.71. The van der Waals surface area contributed by atoms with Crippen LogP contribution in [-0.4, -0.2) is 54.1 Å². The van der Waals surface area contributed by atoms with Crippen LogP contribution in [0.1, 0.15) is 37.0 Å². The summed E-state index contributed by atoms with van der Waals surface area (Å²) in [6.45, 7) is 7.43. The molecule has 0 saturated carbocycles. The monoisotopic (exact) mass is 655 g/mol. The molecular weight excluding hydrogens is 624 g/mol. The van der Waals surface area contributed by atoms with E-state index >= 15 is 0 Å². The smallest absolute Gasteiger partial charge is 0.430 e. The molecule has 1 unspecified atom stereocenters. The molecule has 2 aromatic rings. The van der Waals surface area contributed by atoms with E-state index in [1.54, 1.807) is 25.1 Å². The molecule has 0 aromatic heterocycles. The Morgan fingerprint density at radius 3 is 2.35 bits per heavy atom. The van der Waals surface area contributed by atoms with E-state index in [0.29, 0.717) is 48.8 Å². The maximum Gasteiger partial charge on any atom is 0.430 e. The van der Waals surface area contributed by atoms with Gasteiger partial charge in [0.1, 0.15) is 30.3 Å². The van der Waals surface area contributed by atoms with Crippen LogP contribution < -0.4 is 25.3 Å². The molecular formula is C31H31F6N3O6. The van der Waals surface area contributed by atoms with E-state index in [9.17, 15) is 41.0 Å². The summed E-state index contributed by atoms with van der Waals surface area (Å²) in [6, 6.07) is 6.09. The van der Waals surface area contributed by atoms with Crippen LogP contribution in [0.5, 0.6) is 17.2 Å². The fourth-order valence-electron chi connectivity index (χ4n) is 5.03. The van der Waals surface area contributed by atoms with Crippen LogP contribution in [0.25, 0.3) is 0 Å². The molecule has 0 aliphatic carbocycles. The van der Waals surface area contributed by atoms with Gasteiger partial charge in [-0.2, -0.15) is 26.3 Å². The van der Waals surface area contributed by atoms with Gasteiger partial charge < -0.3 is 30.4 Å². The second kappa shape index (κ2) is 12.6. The van der Waals surface area contributed by atoms with Crippen molar-refractivity contribution in [2.24, 2.45) is 5.73 Å². The van der Waals surface area contributed by atoms with Crippen molar-refractivity contribution >= 4 is 11.9 Å². The number of allylic oxidation sites excluding steroid dienone is 1. The highest BCUT2D eigenvalue weighted by molar-refractivity contribution is 6.07. The number of rotatable bonds is 10. The molecule has 2 aliphatic rings. The number of carbonyl (C=O) groups excluding carboxylic acids is 2. The molecule has 2 aromatic carbocycles. The topological polar surface area (TPSA) is 123 Å². The summed E-state index contributed by atoms with van der Waals surface area (Å²) in [7, 11) is 0. The quantitative estimate of drug-likeness (QED) is 0.134. The molecule has 9 nitrogen and oxygen atoms in total. The summed E-state index contributed by atoms with van der Waals surface area (Å²) >= 11 is 0. The number of ether oxygens (including phenoxy) is 3. The third kappa shape index (κ3) is 6.36. The average molecular weight is 656 g/mol. The molecule has 0 bridgehead atoms. The Bertz CT molecular complexity index is 1570. The molecule has 15 heteroatoms. The van der Waals surface area contributed by atoms with Crippen LogP contribution in [0, 0.1) is 0 Å². The van der Waals surface area contributed by atoms with Crippen molar-refractivity contribution in [2.75, 3.05) is 19.8 Å². The summed E-state index contributed by atoms with van der Waals surface area (Å²) in [5.41, 5.74) is -1.89. The van der Waals surface area contributed by atoms with Crippen molar-refractivity contribution in [1.29, 1.82) is 0 Å². The van der Waals surface area contributed by atoms with Crippen molar-refractivity contribution in [3.8, 4) is 17.2 Å². The first kappa shape index (κ1) is 34.2. The number of alkyl halides is 6. The minimum atomic E-state index is -6.06. The molecule has 1 atom stereocenters. The fraction of sp³-hybridized carbons (Fsp3) is 0.355. The van der Waals surface area contributed by atoms with Gasteiger partial charge in [-0.15, -0.1) is 0 Å². The van der Waals surface area contributed by atoms with Gasteiger partial charge >= 0.3 is 18.4 Å². The van der Waals surface area contributed by atoms with Gasteiger partial charge in [0.05, 0.1) is 6.54 Å². The zero-order valence-corrected chi connectivity index (χ0v) is 24.7. The maximum atomic E-state index is 13.5. The van der Waals surface area contributed by atoms with Crippen LogP contribution >= 0.6 is 0 Å². The minimum Gasteiger partial charge on any atom is -0.486 e. The summed E-state index contributed by atoms with van der Waals surface area (Å²) in [5.74, 6) is 0.157. The second-order valence-corrected chi connectivity index (χ2v) is 10.7. The zero-order chi connectivity index (χ0) is 34.1. The van der Waals surface area contributed by atoms with Gasteiger partial charge in [-0.3, -0.25) is 9.69 Å². The van der Waals surface area contributed by atoms with Crippen molar-refractivity contribution in [1.82, 2.24) is 10.2 Å². The molecule has 4 N–H and O–H groups in total. The fourth-order valence-corrected chi connectivity index (χ4v) is 5.03. The molecule has 3 amide bonds. The molecule has 1 saturated heterocycles. The normalized spacial score (nSPS) is 19.1. The number of hydrogen-bond donors (Lipinski definition) is 3. The van der Waals surface area contributed by atoms with Crippen molar-refractivity contribution in [3.63, 3.8) is 0 Å². The lowest BCUT2D eigenvalue weighted by Crippen LogP contribution is -2.53. The van der Waals surface area contributed by atoms with Gasteiger partial charge in [-0.1, -0.05) is 32.1 Å². The number of hydrogen-bond acceptors (Lipinski definition) is 7. The highest BCUT2D eigenvalue weighted by atomic mass is 19.4. The summed E-state index contributed by atoms with van der Waals surface area (Å²) in [4.78, 5) is 27.3. The van der Waals surface area contributed by atoms with Crippen LogP contribution in [-0.2, 0) is 22.4 Å². The molecule has 4 rings (SSSR count). The van der Waals surface area contributed by atoms with Crippen molar-refractivity contribution < 1.29 is 55.2 Å². The van der Waals surface area contributed by atoms with Crippen molar-refractivity contribution in [2.45, 2.75) is 50.2 Å². The molecule has 2 heterocycles. The molecule has 0 spiro atoms. The highest BCUT2D eigenvalue weighted by Crippen LogP contribution is 2.50. The summed E-state index contributed by atoms with van der Waals surface area (Å²) < 4.78 is 97.8. The van der Waals surface area contributed by atoms with Crippen LogP contribution in [0.2, 0.25) is 0 Å². The molecule has 1 fully saturated rings. The first-order chi connectivity index (χ1) is 21.5. The van der Waals surface area contributed by atoms with E-state index in [1.165, 1.54) is 19.1 Å². The van der Waals surface area contributed by atoms with E-state index in [2.05, 4.69) is 11.9 Å². The third-order valence-electron chi connectivity index (χ3n) is 7.41. The maximum absolute atomic E-state index is 13.5. The lowest BCUT2D eigenvalue weighted by atomic mass is 9.90. The molecule has 248 valence electrons. The summed E-state index contributed by atoms with van der Waals surface area (Å²) in [6.07, 6.45) is -8.21. The number of benzene rings is 2. The van der Waals surface area contributed by atoms with E-state index in [4.69, 9.17) is 19.9 Å². The van der Waals surface area contributed by atoms with Crippen LogP contribution in [0.15, 0.2) is 72.7 Å². The Morgan fingerprint density at radius 2 is 1.74 bits per heavy atom. The van der Waals surface area contributed by atoms with Gasteiger partial charge in [0.15, 0.2) is 11.5 Å². The summed E-state index contributed by atoms with van der Waals surface area (Å²) in [5, 5.41) is 12.5. The molecule has 46 heavy (non-hydrogen) atoms. The Balaban J connectivity index is 1.58. The number of halogens is 6. The number of amides is 3. The Hall–Kier alpha value is -4.66. The number of nitrogens with two attached hydrogens (primary N) is 1. The zero-order valence-electron chi connectivity index (χ0n) is 24.7. The predicted molar refractivity (Wildman–Crippen MR) is 153 cm³/mol. The van der Waals surface area contributed by atoms with Crippen LogP contribution in [0.3, 0.4) is 0 Å². The lowest BCUT2D eigenvalue weighted by Gasteiger charge is -2.33. The number of aryl methyl sites for hydroxylation is 1. The van der Waals surface area contributed by atoms with Crippen molar-refractivity contribution in [3.05, 3.63) is 89.4 Å². The van der Waals surface area contributed by atoms with E-state index in [1.807, 2.05) is 0 Å². The second-order valence-electron chi connectivity index (χ2n) is 10.7. The van der Waals surface area contributed by atoms with E-state index < -0.39 is 41.0 Å². The van der Waals surface area contributed by atoms with Gasteiger partial charge in [0, 0.05) is 5.56 Å². The molecule has 0 radical (unpaired) electrons. The average Bonchev–Trinajstić information content (AvgIpc) is 3.19. The standard InChI is InChI=1S/C31H31F6N3O6/c1-4-5-19-15-21(29(43,30(32,33)34)31(35,36)37)7-8-23(19)46-22(10-11-38)14-18(2)17-40-26(41)28(3,39-27(40)42)20-6-9-24-25(16-20)45-13-12-44-24/h6-11,14-16,43H,2,4-5,12-13,17,38H2,1,3H3,(H,39,42)/b11-10-,22-14+. The SMILES string of the molecule is C=C(/C=C(\C=C/N)Oc1ccc(C(O)(C(F)(F)F)C(F)(F)F)cc1CCC)CN1C(=O)NC(C)(c2ccc3c(c2)OCCO3)C1=O. The number of nitrogens with one attached hydrogen (secondary N) is 1. The van der Waals surface area contributed by atoms with E-state index in [0.717, 1.165) is 17.2 Å². The van der Waals surface area contributed by atoms with Gasteiger partial charge in [0.2, 0.25) is 0 Å². The van der Waals surface area contributed by atoms with Gasteiger partial charge in [-0.25, -0.2) is 4.79 Å². The Labute approximate surface area is 259 Å². The van der Waals surface area contributed by atoms with Gasteiger partial charge in [-0.05, 0) is 72.7 Å². The van der Waals surface area contributed by atoms with Crippen LogP contribution in [0.4, 0.5) is 31.1 Å². The number of nitrogens with zero attached hydrogens (tertiary/aromatic N) is 1. The Morgan fingerprint density at radius 1 is 1.09 bits per heavy atom. The van der Waals surface area contributed by atoms with Gasteiger partial charge in [0.25, 0.3) is 11.5 Å². The number of urea groups is 1. The first-order valence-corrected chi connectivity index (χ1v) is 13.9.